The monoisotopic (exact) mass is 304 g/mol. The summed E-state index contributed by atoms with van der Waals surface area (Å²) in [7, 11) is 0. The standard InChI is InChI=1S/C18H16N4O/c19-16-15(18(23)22-12-13-5-4-9-20-11-13)8-10-21-17(16)14-6-2-1-3-7-14/h1-11H,12,19H2,(H,22,23). The molecule has 2 aromatic heterocycles. The number of hydrogen-bond donors (Lipinski definition) is 2. The Morgan fingerprint density at radius 1 is 1.04 bits per heavy atom. The second kappa shape index (κ2) is 6.70. The number of nitrogens with one attached hydrogen (secondary N) is 1. The van der Waals surface area contributed by atoms with Crippen molar-refractivity contribution in [3.05, 3.63) is 78.2 Å². The van der Waals surface area contributed by atoms with Crippen molar-refractivity contribution in [1.82, 2.24) is 15.3 Å². The molecule has 0 saturated carbocycles. The number of nitrogens with zero attached hydrogens (tertiary/aromatic N) is 2. The van der Waals surface area contributed by atoms with Crippen molar-refractivity contribution in [2.24, 2.45) is 0 Å². The van der Waals surface area contributed by atoms with Crippen molar-refractivity contribution in [2.75, 3.05) is 5.73 Å². The largest absolute Gasteiger partial charge is 0.396 e. The third-order valence-corrected chi connectivity index (χ3v) is 3.46. The Bertz CT molecular complexity index is 804. The van der Waals surface area contributed by atoms with Gasteiger partial charge in [0.25, 0.3) is 5.91 Å². The maximum Gasteiger partial charge on any atom is 0.253 e. The molecule has 0 spiro atoms. The molecule has 2 heterocycles. The normalized spacial score (nSPS) is 10.3. The Labute approximate surface area is 134 Å². The summed E-state index contributed by atoms with van der Waals surface area (Å²) in [5.74, 6) is -0.231. The summed E-state index contributed by atoms with van der Waals surface area (Å²) in [6.07, 6.45) is 5.00. The highest BCUT2D eigenvalue weighted by Crippen LogP contribution is 2.25. The summed E-state index contributed by atoms with van der Waals surface area (Å²) in [5, 5.41) is 2.85. The van der Waals surface area contributed by atoms with Crippen molar-refractivity contribution in [3.63, 3.8) is 0 Å². The van der Waals surface area contributed by atoms with Crippen LogP contribution >= 0.6 is 0 Å². The molecule has 0 fully saturated rings. The molecule has 0 saturated heterocycles. The molecular weight excluding hydrogens is 288 g/mol. The Kier molecular flexibility index (Phi) is 4.29. The first kappa shape index (κ1) is 14.7. The number of anilines is 1. The minimum Gasteiger partial charge on any atom is -0.396 e. The molecule has 3 aromatic rings. The first-order valence-electron chi connectivity index (χ1n) is 7.22. The van der Waals surface area contributed by atoms with E-state index in [0.29, 0.717) is 23.5 Å². The zero-order valence-corrected chi connectivity index (χ0v) is 12.4. The summed E-state index contributed by atoms with van der Waals surface area (Å²) >= 11 is 0. The first-order chi connectivity index (χ1) is 11.3. The van der Waals surface area contributed by atoms with E-state index in [0.717, 1.165) is 11.1 Å². The Morgan fingerprint density at radius 3 is 2.61 bits per heavy atom. The third-order valence-electron chi connectivity index (χ3n) is 3.46. The van der Waals surface area contributed by atoms with Gasteiger partial charge in [-0.1, -0.05) is 36.4 Å². The zero-order valence-electron chi connectivity index (χ0n) is 12.4. The predicted octanol–water partition coefficient (Wildman–Crippen LogP) is 2.66. The fraction of sp³-hybridized carbons (Fsp3) is 0.0556. The number of aromatic nitrogens is 2. The van der Waals surface area contributed by atoms with Crippen molar-refractivity contribution >= 4 is 11.6 Å². The van der Waals surface area contributed by atoms with Crippen molar-refractivity contribution in [1.29, 1.82) is 0 Å². The Hall–Kier alpha value is -3.21. The summed E-state index contributed by atoms with van der Waals surface area (Å²) in [6.45, 7) is 0.398. The van der Waals surface area contributed by atoms with Gasteiger partial charge >= 0.3 is 0 Å². The minimum atomic E-state index is -0.231. The molecule has 1 amide bonds. The SMILES string of the molecule is Nc1c(C(=O)NCc2cccnc2)ccnc1-c1ccccc1. The highest BCUT2D eigenvalue weighted by atomic mass is 16.1. The number of pyridine rings is 2. The average molecular weight is 304 g/mol. The van der Waals surface area contributed by atoms with Gasteiger partial charge in [0.15, 0.2) is 0 Å². The molecule has 0 aliphatic heterocycles. The molecule has 0 aliphatic rings. The van der Waals surface area contributed by atoms with Crippen LogP contribution in [0.3, 0.4) is 0 Å². The highest BCUT2D eigenvalue weighted by molar-refractivity contribution is 6.01. The van der Waals surface area contributed by atoms with E-state index in [1.54, 1.807) is 24.7 Å². The summed E-state index contributed by atoms with van der Waals surface area (Å²) in [5.41, 5.74) is 9.37. The second-order valence-electron chi connectivity index (χ2n) is 5.03. The van der Waals surface area contributed by atoms with E-state index in [9.17, 15) is 4.79 Å². The van der Waals surface area contributed by atoms with Crippen LogP contribution < -0.4 is 11.1 Å². The van der Waals surface area contributed by atoms with E-state index in [-0.39, 0.29) is 5.91 Å². The highest BCUT2D eigenvalue weighted by Gasteiger charge is 2.14. The van der Waals surface area contributed by atoms with Crippen molar-refractivity contribution in [2.45, 2.75) is 6.54 Å². The maximum absolute atomic E-state index is 12.4. The molecule has 0 aliphatic carbocycles. The van der Waals surface area contributed by atoms with Crippen LogP contribution in [0.4, 0.5) is 5.69 Å². The molecule has 0 unspecified atom stereocenters. The molecule has 0 atom stereocenters. The van der Waals surface area contributed by atoms with E-state index in [1.165, 1.54) is 0 Å². The fourth-order valence-electron chi connectivity index (χ4n) is 2.28. The third kappa shape index (κ3) is 3.35. The van der Waals surface area contributed by atoms with Gasteiger partial charge in [-0.15, -0.1) is 0 Å². The molecule has 5 nitrogen and oxygen atoms in total. The van der Waals surface area contributed by atoms with E-state index >= 15 is 0 Å². The van der Waals surface area contributed by atoms with Crippen LogP contribution in [0, 0.1) is 0 Å². The lowest BCUT2D eigenvalue weighted by molar-refractivity contribution is 0.0951. The zero-order chi connectivity index (χ0) is 16.1. The number of nitrogens with two attached hydrogens (primary N) is 1. The number of amides is 1. The van der Waals surface area contributed by atoms with Crippen molar-refractivity contribution < 1.29 is 4.79 Å². The molecule has 1 aromatic carbocycles. The molecule has 5 heteroatoms. The van der Waals surface area contributed by atoms with Gasteiger partial charge < -0.3 is 11.1 Å². The first-order valence-corrected chi connectivity index (χ1v) is 7.22. The predicted molar refractivity (Wildman–Crippen MR) is 89.5 cm³/mol. The Morgan fingerprint density at radius 2 is 1.87 bits per heavy atom. The van der Waals surface area contributed by atoms with Gasteiger partial charge in [0, 0.05) is 30.7 Å². The summed E-state index contributed by atoms with van der Waals surface area (Å²) in [4.78, 5) is 20.7. The van der Waals surface area contributed by atoms with E-state index in [2.05, 4.69) is 15.3 Å². The van der Waals surface area contributed by atoms with Crippen molar-refractivity contribution in [3.8, 4) is 11.3 Å². The molecule has 3 N–H and O–H groups in total. The molecular formula is C18H16N4O. The van der Waals surface area contributed by atoms with Crippen LogP contribution in [0.5, 0.6) is 0 Å². The van der Waals surface area contributed by atoms with Crippen LogP contribution in [0.2, 0.25) is 0 Å². The van der Waals surface area contributed by atoms with Gasteiger partial charge in [0.1, 0.15) is 0 Å². The van der Waals surface area contributed by atoms with Crippen LogP contribution in [0.25, 0.3) is 11.3 Å². The minimum absolute atomic E-state index is 0.231. The quantitative estimate of drug-likeness (QED) is 0.776. The smallest absolute Gasteiger partial charge is 0.253 e. The number of rotatable bonds is 4. The topological polar surface area (TPSA) is 80.9 Å². The maximum atomic E-state index is 12.4. The van der Waals surface area contributed by atoms with Crippen LogP contribution in [-0.2, 0) is 6.54 Å². The summed E-state index contributed by atoms with van der Waals surface area (Å²) in [6, 6.07) is 14.9. The van der Waals surface area contributed by atoms with Crippen LogP contribution in [0.1, 0.15) is 15.9 Å². The number of nitrogen functional groups attached to an aromatic ring is 1. The van der Waals surface area contributed by atoms with Gasteiger partial charge in [-0.2, -0.15) is 0 Å². The van der Waals surface area contributed by atoms with Gasteiger partial charge in [0.2, 0.25) is 0 Å². The molecule has 0 radical (unpaired) electrons. The number of carbonyl (C=O) groups excluding carboxylic acids is 1. The summed E-state index contributed by atoms with van der Waals surface area (Å²) < 4.78 is 0. The van der Waals surface area contributed by atoms with Crippen LogP contribution in [0.15, 0.2) is 67.1 Å². The fourth-order valence-corrected chi connectivity index (χ4v) is 2.28. The Balaban J connectivity index is 1.81. The lowest BCUT2D eigenvalue weighted by Gasteiger charge is -2.10. The van der Waals surface area contributed by atoms with E-state index < -0.39 is 0 Å². The van der Waals surface area contributed by atoms with Gasteiger partial charge in [0.05, 0.1) is 16.9 Å². The number of benzene rings is 1. The molecule has 0 bridgehead atoms. The second-order valence-corrected chi connectivity index (χ2v) is 5.03. The molecule has 114 valence electrons. The lowest BCUT2D eigenvalue weighted by atomic mass is 10.1. The van der Waals surface area contributed by atoms with E-state index in [4.69, 9.17) is 5.73 Å². The molecule has 3 rings (SSSR count). The van der Waals surface area contributed by atoms with Crippen LogP contribution in [-0.4, -0.2) is 15.9 Å². The van der Waals surface area contributed by atoms with Gasteiger partial charge in [-0.05, 0) is 17.7 Å². The van der Waals surface area contributed by atoms with Gasteiger partial charge in [-0.25, -0.2) is 0 Å². The number of hydrogen-bond acceptors (Lipinski definition) is 4. The lowest BCUT2D eigenvalue weighted by Crippen LogP contribution is -2.24. The average Bonchev–Trinajstić information content (AvgIpc) is 2.61. The van der Waals surface area contributed by atoms with Gasteiger partial charge in [-0.3, -0.25) is 14.8 Å². The van der Waals surface area contributed by atoms with E-state index in [1.807, 2.05) is 42.5 Å². The number of carbonyl (C=O) groups is 1. The molecule has 23 heavy (non-hydrogen) atoms.